The van der Waals surface area contributed by atoms with Gasteiger partial charge in [0.15, 0.2) is 4.98 Å². The zero-order chi connectivity index (χ0) is 18.2. The zero-order valence-corrected chi connectivity index (χ0v) is 15.9. The summed E-state index contributed by atoms with van der Waals surface area (Å²) in [5.41, 5.74) is -0.655. The van der Waals surface area contributed by atoms with E-state index in [1.54, 1.807) is 12.1 Å². The van der Waals surface area contributed by atoms with Gasteiger partial charge in [-0.05, 0) is 36.3 Å². The van der Waals surface area contributed by atoms with Gasteiger partial charge in [-0.25, -0.2) is 8.42 Å². The van der Waals surface area contributed by atoms with E-state index < -0.39 is 21.3 Å². The van der Waals surface area contributed by atoms with Crippen LogP contribution < -0.4 is 0 Å². The summed E-state index contributed by atoms with van der Waals surface area (Å²) in [5, 5.41) is 8.24. The third-order valence-corrected chi connectivity index (χ3v) is 6.88. The number of carbonyl (C=O) groups excluding carboxylic acids is 1. The Bertz CT molecular complexity index is 783. The lowest BCUT2D eigenvalue weighted by molar-refractivity contribution is -0.128. The molecule has 0 aromatic heterocycles. The summed E-state index contributed by atoms with van der Waals surface area (Å²) in [5.74, 6) is -0.280. The number of nitrogens with zero attached hydrogens (tertiary/aromatic N) is 2. The number of hydrogen-bond acceptors (Lipinski definition) is 5. The van der Waals surface area contributed by atoms with Crippen LogP contribution in [0.15, 0.2) is 28.7 Å². The summed E-state index contributed by atoms with van der Waals surface area (Å²) in [6.07, 6.45) is 1.88. The molecule has 130 valence electrons. The monoisotopic (exact) mass is 414 g/mol. The third kappa shape index (κ3) is 3.53. The van der Waals surface area contributed by atoms with Crippen LogP contribution in [0.2, 0.25) is 0 Å². The molecule has 2 atom stereocenters. The van der Waals surface area contributed by atoms with E-state index in [-0.39, 0.29) is 17.1 Å². The summed E-state index contributed by atoms with van der Waals surface area (Å²) >= 11 is 3.25. The minimum absolute atomic E-state index is 0.0248. The van der Waals surface area contributed by atoms with Gasteiger partial charge in [-0.1, -0.05) is 29.8 Å². The summed E-state index contributed by atoms with van der Waals surface area (Å²) in [7, 11) is -4.33. The highest BCUT2D eigenvalue weighted by atomic mass is 79.9. The molecule has 0 heterocycles. The van der Waals surface area contributed by atoms with Crippen LogP contribution in [0.4, 0.5) is 5.69 Å². The normalized spacial score (nSPS) is 27.3. The van der Waals surface area contributed by atoms with Crippen molar-refractivity contribution in [3.63, 3.8) is 0 Å². The molecule has 24 heavy (non-hydrogen) atoms. The van der Waals surface area contributed by atoms with E-state index in [9.17, 15) is 17.8 Å². The number of benzene rings is 1. The highest BCUT2D eigenvalue weighted by Crippen LogP contribution is 2.64. The molecular weight excluding hydrogens is 396 g/mol. The van der Waals surface area contributed by atoms with Gasteiger partial charge < -0.3 is 4.55 Å². The Hall–Kier alpha value is -1.30. The third-order valence-electron chi connectivity index (χ3n) is 5.50. The lowest BCUT2D eigenvalue weighted by atomic mass is 9.70. The van der Waals surface area contributed by atoms with Crippen molar-refractivity contribution in [2.75, 3.05) is 5.75 Å². The first-order valence-electron chi connectivity index (χ1n) is 7.59. The van der Waals surface area contributed by atoms with E-state index in [0.717, 1.165) is 10.9 Å². The van der Waals surface area contributed by atoms with Crippen LogP contribution in [0.3, 0.4) is 0 Å². The lowest BCUT2D eigenvalue weighted by Gasteiger charge is -2.37. The van der Waals surface area contributed by atoms with Crippen molar-refractivity contribution in [3.8, 4) is 0 Å². The predicted molar refractivity (Wildman–Crippen MR) is 92.0 cm³/mol. The molecule has 6 nitrogen and oxygen atoms in total. The highest BCUT2D eigenvalue weighted by molar-refractivity contribution is 9.10. The first kappa shape index (κ1) is 19.0. The van der Waals surface area contributed by atoms with Crippen molar-refractivity contribution in [1.82, 2.24) is 0 Å². The Morgan fingerprint density at radius 2 is 1.92 bits per heavy atom. The fourth-order valence-electron chi connectivity index (χ4n) is 3.92. The number of halogens is 1. The summed E-state index contributed by atoms with van der Waals surface area (Å²) in [6, 6.07) is 7.05. The van der Waals surface area contributed by atoms with E-state index in [1.165, 1.54) is 0 Å². The van der Waals surface area contributed by atoms with E-state index in [0.29, 0.717) is 18.5 Å². The Morgan fingerprint density at radius 1 is 1.33 bits per heavy atom. The minimum atomic E-state index is -4.33. The zero-order valence-electron chi connectivity index (χ0n) is 13.5. The fourth-order valence-corrected chi connectivity index (χ4v) is 5.46. The van der Waals surface area contributed by atoms with Crippen LogP contribution >= 0.6 is 15.9 Å². The first-order chi connectivity index (χ1) is 11.0. The van der Waals surface area contributed by atoms with Gasteiger partial charge in [0.1, 0.15) is 5.78 Å². The fraction of sp³-hybridized carbons (Fsp3) is 0.562. The summed E-state index contributed by atoms with van der Waals surface area (Å²) in [4.78, 5) is 14.8. The van der Waals surface area contributed by atoms with Crippen molar-refractivity contribution in [3.05, 3.63) is 33.7 Å². The van der Waals surface area contributed by atoms with Gasteiger partial charge in [0.05, 0.1) is 15.9 Å². The Labute approximate surface area is 150 Å². The van der Waals surface area contributed by atoms with Crippen molar-refractivity contribution >= 4 is 37.5 Å². The number of carbonyl (C=O) groups is 1. The van der Waals surface area contributed by atoms with E-state index in [2.05, 4.69) is 20.9 Å². The van der Waals surface area contributed by atoms with Crippen LogP contribution in [0.5, 0.6) is 0 Å². The number of ketones is 1. The van der Waals surface area contributed by atoms with Crippen LogP contribution in [0.25, 0.3) is 4.98 Å². The van der Waals surface area contributed by atoms with Crippen molar-refractivity contribution < 1.29 is 17.8 Å². The van der Waals surface area contributed by atoms with Gasteiger partial charge in [0.2, 0.25) is 5.39 Å². The maximum absolute atomic E-state index is 11.8. The van der Waals surface area contributed by atoms with E-state index >= 15 is 0 Å². The molecule has 0 spiro atoms. The average Bonchev–Trinajstić information content (AvgIpc) is 2.81. The molecule has 3 rings (SSSR count). The molecule has 0 aliphatic heterocycles. The van der Waals surface area contributed by atoms with Gasteiger partial charge in [0.25, 0.3) is 0 Å². The molecule has 0 unspecified atom stereocenters. The van der Waals surface area contributed by atoms with Crippen LogP contribution in [-0.2, 0) is 14.9 Å². The first-order valence-corrected chi connectivity index (χ1v) is 9.96. The van der Waals surface area contributed by atoms with Gasteiger partial charge >= 0.3 is 5.69 Å². The Balaban J connectivity index is 0.000000198. The van der Waals surface area contributed by atoms with E-state index in [4.69, 9.17) is 5.39 Å². The molecule has 1 aromatic carbocycles. The second kappa shape index (κ2) is 6.54. The van der Waals surface area contributed by atoms with Crippen molar-refractivity contribution in [2.45, 2.75) is 33.1 Å². The Morgan fingerprint density at radius 3 is 2.29 bits per heavy atom. The number of Topliss-reactive ketones (excluding diaryl/α,β-unsaturated/α-hetero) is 1. The second-order valence-corrected chi connectivity index (χ2v) is 9.26. The highest BCUT2D eigenvalue weighted by Gasteiger charge is 2.64. The van der Waals surface area contributed by atoms with Gasteiger partial charge in [0, 0.05) is 28.4 Å². The van der Waals surface area contributed by atoms with E-state index in [1.807, 2.05) is 26.0 Å². The average molecular weight is 415 g/mol. The molecule has 0 amide bonds. The smallest absolute Gasteiger partial charge is 0.385 e. The van der Waals surface area contributed by atoms with Gasteiger partial charge in [-0.3, -0.25) is 4.79 Å². The maximum Gasteiger partial charge on any atom is 0.385 e. The van der Waals surface area contributed by atoms with Crippen LogP contribution in [0, 0.1) is 22.1 Å². The van der Waals surface area contributed by atoms with Gasteiger partial charge in [-0.2, -0.15) is 0 Å². The lowest BCUT2D eigenvalue weighted by Crippen LogP contribution is -2.42. The molecule has 2 fully saturated rings. The molecule has 2 aliphatic rings. The minimum Gasteiger partial charge on any atom is -0.748 e. The van der Waals surface area contributed by atoms with Crippen molar-refractivity contribution in [1.29, 1.82) is 5.39 Å². The van der Waals surface area contributed by atoms with Crippen molar-refractivity contribution in [2.24, 2.45) is 16.7 Å². The summed E-state index contributed by atoms with van der Waals surface area (Å²) < 4.78 is 33.7. The van der Waals surface area contributed by atoms with Gasteiger partial charge in [-0.15, -0.1) is 0 Å². The molecule has 2 saturated carbocycles. The molecule has 8 heteroatoms. The molecular formula is C16H19BrN2O4S. The van der Waals surface area contributed by atoms with Crippen LogP contribution in [-0.4, -0.2) is 24.5 Å². The summed E-state index contributed by atoms with van der Waals surface area (Å²) in [6.45, 7) is 3.83. The quantitative estimate of drug-likeness (QED) is 0.539. The van der Waals surface area contributed by atoms with Crippen LogP contribution in [0.1, 0.15) is 33.1 Å². The molecule has 0 saturated heterocycles. The largest absolute Gasteiger partial charge is 0.748 e. The molecule has 2 aliphatic carbocycles. The molecule has 0 radical (unpaired) electrons. The second-order valence-electron chi connectivity index (χ2n) is 6.95. The standard InChI is InChI=1S/C10H16O4S.C6H4BrN2/c1-9(2)7-3-4-10(9,8(11)5-7)6-15(12,13)14;7-5-1-3-6(9-8)4-2-5/h7H,3-6H2,1-2H3,(H,12,13,14);1-4H/q;+1/p-1/t7-,10-;/m0./s1. The molecule has 0 N–H and O–H groups in total. The molecule has 2 bridgehead atoms. The predicted octanol–water partition coefficient (Wildman–Crippen LogP) is 3.86. The number of rotatable bonds is 2. The maximum atomic E-state index is 11.8. The SMILES string of the molecule is CC1(C)[C@H]2CC[C@]1(CS(=O)(=O)[O-])C(=O)C2.N#[N+]c1ccc(Br)cc1. The molecule has 1 aromatic rings. The number of hydrogen-bond donors (Lipinski definition) is 0. The topological polar surface area (TPSA) is 102 Å². The number of fused-ring (bicyclic) bond motifs is 2. The Kier molecular flexibility index (Phi) is 5.19. The number of diazo groups is 1.